The van der Waals surface area contributed by atoms with Crippen molar-refractivity contribution in [3.05, 3.63) is 93.7 Å². The molecule has 9 heteroatoms. The van der Waals surface area contributed by atoms with E-state index in [1.165, 1.54) is 31.4 Å². The Morgan fingerprint density at radius 1 is 1.03 bits per heavy atom. The van der Waals surface area contributed by atoms with Gasteiger partial charge in [-0.25, -0.2) is 14.1 Å². The Morgan fingerprint density at radius 2 is 1.76 bits per heavy atom. The number of amides is 4. The second kappa shape index (κ2) is 9.88. The first-order chi connectivity index (χ1) is 16.4. The van der Waals surface area contributed by atoms with Crippen LogP contribution in [0.25, 0.3) is 6.08 Å². The molecule has 172 valence electrons. The molecule has 3 aromatic rings. The van der Waals surface area contributed by atoms with Gasteiger partial charge in [-0.1, -0.05) is 46.3 Å². The zero-order chi connectivity index (χ0) is 24.2. The maximum atomic E-state index is 14.3. The highest BCUT2D eigenvalue weighted by Gasteiger charge is 2.38. The zero-order valence-corrected chi connectivity index (χ0v) is 19.5. The number of carbonyl (C=O) groups is 3. The maximum absolute atomic E-state index is 14.3. The highest BCUT2D eigenvalue weighted by Crippen LogP contribution is 2.30. The van der Waals surface area contributed by atoms with Crippen molar-refractivity contribution in [2.45, 2.75) is 6.61 Å². The largest absolute Gasteiger partial charge is 0.497 e. The van der Waals surface area contributed by atoms with Crippen LogP contribution in [0, 0.1) is 5.82 Å². The Hall–Kier alpha value is -3.98. The first kappa shape index (κ1) is 23.2. The predicted molar refractivity (Wildman–Crippen MR) is 127 cm³/mol. The Bertz CT molecular complexity index is 1320. The van der Waals surface area contributed by atoms with Crippen molar-refractivity contribution >= 4 is 45.5 Å². The molecule has 1 heterocycles. The molecule has 1 aliphatic rings. The van der Waals surface area contributed by atoms with Crippen LogP contribution in [-0.2, 0) is 16.2 Å². The van der Waals surface area contributed by atoms with Gasteiger partial charge >= 0.3 is 6.03 Å². The summed E-state index contributed by atoms with van der Waals surface area (Å²) < 4.78 is 26.4. The van der Waals surface area contributed by atoms with Crippen LogP contribution in [0.5, 0.6) is 11.5 Å². The number of nitrogens with zero attached hydrogens (tertiary/aromatic N) is 1. The van der Waals surface area contributed by atoms with Crippen LogP contribution in [-0.4, -0.2) is 25.0 Å². The smallest absolute Gasteiger partial charge is 0.336 e. The summed E-state index contributed by atoms with van der Waals surface area (Å²) >= 11 is 3.47. The van der Waals surface area contributed by atoms with Crippen LogP contribution < -0.4 is 19.7 Å². The zero-order valence-electron chi connectivity index (χ0n) is 17.9. The molecule has 0 aromatic heterocycles. The van der Waals surface area contributed by atoms with Crippen LogP contribution >= 0.6 is 15.9 Å². The van der Waals surface area contributed by atoms with Gasteiger partial charge < -0.3 is 9.47 Å². The van der Waals surface area contributed by atoms with Gasteiger partial charge in [0, 0.05) is 21.7 Å². The molecule has 0 unspecified atom stereocenters. The molecular weight excluding hydrogens is 507 g/mol. The molecule has 0 atom stereocenters. The number of benzene rings is 3. The van der Waals surface area contributed by atoms with Crippen molar-refractivity contribution in [2.24, 2.45) is 0 Å². The van der Waals surface area contributed by atoms with E-state index in [-0.39, 0.29) is 17.9 Å². The molecular formula is C25H18BrFN2O5. The van der Waals surface area contributed by atoms with E-state index >= 15 is 0 Å². The summed E-state index contributed by atoms with van der Waals surface area (Å²) in [4.78, 5) is 38.6. The first-order valence-electron chi connectivity index (χ1n) is 10.1. The van der Waals surface area contributed by atoms with Gasteiger partial charge in [-0.15, -0.1) is 0 Å². The normalized spacial score (nSPS) is 14.9. The molecule has 4 amide bonds. The lowest BCUT2D eigenvalue weighted by Crippen LogP contribution is -2.54. The third-order valence-corrected chi connectivity index (χ3v) is 5.83. The Balaban J connectivity index is 1.71. The first-order valence-corrected chi connectivity index (χ1v) is 10.9. The number of rotatable bonds is 6. The summed E-state index contributed by atoms with van der Waals surface area (Å²) in [5, 5.41) is 2.08. The number of carbonyl (C=O) groups excluding carboxylic acids is 3. The van der Waals surface area contributed by atoms with Crippen molar-refractivity contribution in [1.82, 2.24) is 5.32 Å². The maximum Gasteiger partial charge on any atom is 0.336 e. The number of halogens is 2. The van der Waals surface area contributed by atoms with E-state index in [9.17, 15) is 18.8 Å². The quantitative estimate of drug-likeness (QED) is 0.368. The van der Waals surface area contributed by atoms with Gasteiger partial charge in [-0.3, -0.25) is 14.9 Å². The second-order valence-corrected chi connectivity index (χ2v) is 8.05. The molecule has 0 saturated carbocycles. The topological polar surface area (TPSA) is 84.9 Å². The van der Waals surface area contributed by atoms with Gasteiger partial charge in [-0.05, 0) is 36.4 Å². The lowest BCUT2D eigenvalue weighted by atomic mass is 10.1. The third kappa shape index (κ3) is 4.69. The van der Waals surface area contributed by atoms with Gasteiger partial charge in [0.2, 0.25) is 0 Å². The van der Waals surface area contributed by atoms with Gasteiger partial charge in [0.25, 0.3) is 11.8 Å². The molecule has 0 bridgehead atoms. The number of hydrogen-bond acceptors (Lipinski definition) is 5. The summed E-state index contributed by atoms with van der Waals surface area (Å²) in [6.45, 7) is 0.199. The molecule has 0 aliphatic carbocycles. The fourth-order valence-electron chi connectivity index (χ4n) is 3.32. The van der Waals surface area contributed by atoms with Crippen molar-refractivity contribution in [1.29, 1.82) is 0 Å². The Morgan fingerprint density at radius 3 is 2.50 bits per heavy atom. The average Bonchev–Trinajstić information content (AvgIpc) is 2.82. The summed E-state index contributed by atoms with van der Waals surface area (Å²) in [7, 11) is 1.50. The fraction of sp³-hybridized carbons (Fsp3) is 0.0800. The van der Waals surface area contributed by atoms with E-state index in [0.29, 0.717) is 22.0 Å². The van der Waals surface area contributed by atoms with Gasteiger partial charge in [0.1, 0.15) is 29.5 Å². The van der Waals surface area contributed by atoms with Gasteiger partial charge in [-0.2, -0.15) is 0 Å². The third-order valence-electron chi connectivity index (χ3n) is 5.06. The Kier molecular flexibility index (Phi) is 6.74. The van der Waals surface area contributed by atoms with Gasteiger partial charge in [0.05, 0.1) is 12.8 Å². The highest BCUT2D eigenvalue weighted by molar-refractivity contribution is 9.10. The van der Waals surface area contributed by atoms with E-state index in [4.69, 9.17) is 9.47 Å². The van der Waals surface area contributed by atoms with Crippen LogP contribution in [0.1, 0.15) is 11.1 Å². The summed E-state index contributed by atoms with van der Waals surface area (Å²) in [5.74, 6) is -1.77. The molecule has 0 spiro atoms. The molecule has 0 radical (unpaired) electrons. The predicted octanol–water partition coefficient (Wildman–Crippen LogP) is 4.84. The number of barbiturate groups is 1. The standard InChI is InChI=1S/C25H18BrFN2O5/c1-33-17-11-10-15(22(13-17)34-14-16-6-2-3-7-19(16)26)12-18-23(30)28-25(32)29(24(18)31)21-9-5-4-8-20(21)27/h2-13H,14H2,1H3,(H,28,30,32)/b18-12-. The van der Waals surface area contributed by atoms with E-state index in [1.54, 1.807) is 18.2 Å². The van der Waals surface area contributed by atoms with E-state index < -0.39 is 23.7 Å². The number of para-hydroxylation sites is 1. The van der Waals surface area contributed by atoms with Crippen LogP contribution in [0.2, 0.25) is 0 Å². The molecule has 1 N–H and O–H groups in total. The minimum atomic E-state index is -1.03. The number of nitrogens with one attached hydrogen (secondary N) is 1. The number of urea groups is 1. The van der Waals surface area contributed by atoms with Crippen molar-refractivity contribution in [2.75, 3.05) is 12.0 Å². The fourth-order valence-corrected chi connectivity index (χ4v) is 3.72. The molecule has 3 aromatic carbocycles. The van der Waals surface area contributed by atoms with E-state index in [1.807, 2.05) is 24.3 Å². The number of anilines is 1. The van der Waals surface area contributed by atoms with Crippen LogP contribution in [0.3, 0.4) is 0 Å². The minimum absolute atomic E-state index is 0.199. The van der Waals surface area contributed by atoms with E-state index in [2.05, 4.69) is 21.2 Å². The molecule has 7 nitrogen and oxygen atoms in total. The molecule has 34 heavy (non-hydrogen) atoms. The monoisotopic (exact) mass is 524 g/mol. The van der Waals surface area contributed by atoms with Crippen molar-refractivity contribution < 1.29 is 28.2 Å². The van der Waals surface area contributed by atoms with Gasteiger partial charge in [0.15, 0.2) is 0 Å². The average molecular weight is 525 g/mol. The second-order valence-electron chi connectivity index (χ2n) is 7.19. The lowest BCUT2D eigenvalue weighted by Gasteiger charge is -2.26. The number of methoxy groups -OCH3 is 1. The molecule has 4 rings (SSSR count). The molecule has 1 fully saturated rings. The van der Waals surface area contributed by atoms with Crippen molar-refractivity contribution in [3.63, 3.8) is 0 Å². The van der Waals surface area contributed by atoms with E-state index in [0.717, 1.165) is 16.1 Å². The number of hydrogen-bond donors (Lipinski definition) is 1. The number of imide groups is 2. The summed E-state index contributed by atoms with van der Waals surface area (Å²) in [6.07, 6.45) is 1.30. The molecule has 1 saturated heterocycles. The van der Waals surface area contributed by atoms with Crippen molar-refractivity contribution in [3.8, 4) is 11.5 Å². The van der Waals surface area contributed by atoms with Crippen LogP contribution in [0.4, 0.5) is 14.9 Å². The highest BCUT2D eigenvalue weighted by atomic mass is 79.9. The minimum Gasteiger partial charge on any atom is -0.497 e. The Labute approximate surface area is 202 Å². The lowest BCUT2D eigenvalue weighted by molar-refractivity contribution is -0.122. The van der Waals surface area contributed by atoms with Crippen LogP contribution in [0.15, 0.2) is 76.8 Å². The number of ether oxygens (including phenoxy) is 2. The SMILES string of the molecule is COc1ccc(/C=C2/C(=O)NC(=O)N(c3ccccc3F)C2=O)c(OCc2ccccc2Br)c1. The summed E-state index contributed by atoms with van der Waals surface area (Å²) in [6, 6.07) is 16.7. The molecule has 1 aliphatic heterocycles. The summed E-state index contributed by atoms with van der Waals surface area (Å²) in [5.41, 5.74) is 0.670.